The van der Waals surface area contributed by atoms with Crippen LogP contribution in [0.3, 0.4) is 0 Å². The van der Waals surface area contributed by atoms with Gasteiger partial charge < -0.3 is 4.90 Å². The minimum atomic E-state index is -0.0890. The fraction of sp³-hybridized carbons (Fsp3) is 0.0980. The summed E-state index contributed by atoms with van der Waals surface area (Å²) in [6, 6.07) is 61.1. The van der Waals surface area contributed by atoms with Crippen LogP contribution in [0.5, 0.6) is 0 Å². The van der Waals surface area contributed by atoms with Gasteiger partial charge in [0.15, 0.2) is 0 Å². The van der Waals surface area contributed by atoms with Crippen molar-refractivity contribution in [3.63, 3.8) is 0 Å². The molecule has 248 valence electrons. The maximum Gasteiger partial charge on any atom is 0.0596 e. The van der Waals surface area contributed by atoms with Crippen molar-refractivity contribution in [1.82, 2.24) is 0 Å². The van der Waals surface area contributed by atoms with E-state index in [1.165, 1.54) is 81.9 Å². The third kappa shape index (κ3) is 4.62. The van der Waals surface area contributed by atoms with E-state index in [2.05, 4.69) is 207 Å². The van der Waals surface area contributed by atoms with Crippen LogP contribution in [-0.4, -0.2) is 6.04 Å². The lowest BCUT2D eigenvalue weighted by Gasteiger charge is -2.51. The molecular formula is C51H39N. The zero-order valence-corrected chi connectivity index (χ0v) is 29.5. The maximum absolute atomic E-state index is 2.55. The molecule has 0 N–H and O–H groups in total. The highest BCUT2D eigenvalue weighted by atomic mass is 15.2. The molecule has 8 aromatic rings. The molecule has 1 aliphatic carbocycles. The molecule has 0 radical (unpaired) electrons. The first-order valence-corrected chi connectivity index (χ1v) is 18.4. The van der Waals surface area contributed by atoms with E-state index in [0.29, 0.717) is 5.92 Å². The molecule has 10 rings (SSSR count). The Morgan fingerprint density at radius 1 is 0.442 bits per heavy atom. The lowest BCUT2D eigenvalue weighted by molar-refractivity contribution is 0.332. The van der Waals surface area contributed by atoms with E-state index >= 15 is 0 Å². The number of hydrogen-bond acceptors (Lipinski definition) is 1. The second kappa shape index (κ2) is 12.0. The second-order valence-corrected chi connectivity index (χ2v) is 14.9. The molecule has 1 nitrogen and oxygen atoms in total. The fourth-order valence-corrected chi connectivity index (χ4v) is 9.28. The molecule has 0 saturated carbocycles. The Bertz CT molecular complexity index is 2750. The highest BCUT2D eigenvalue weighted by molar-refractivity contribution is 6.28. The minimum Gasteiger partial charge on any atom is -0.334 e. The topological polar surface area (TPSA) is 3.24 Å². The molecule has 52 heavy (non-hydrogen) atoms. The second-order valence-electron chi connectivity index (χ2n) is 14.9. The van der Waals surface area contributed by atoms with E-state index in [4.69, 9.17) is 0 Å². The highest BCUT2D eigenvalue weighted by Crippen LogP contribution is 2.52. The molecule has 0 fully saturated rings. The van der Waals surface area contributed by atoms with Gasteiger partial charge in [-0.2, -0.15) is 0 Å². The fourth-order valence-electron chi connectivity index (χ4n) is 9.28. The van der Waals surface area contributed by atoms with E-state index in [1.54, 1.807) is 0 Å². The molecule has 2 atom stereocenters. The van der Waals surface area contributed by atoms with Crippen LogP contribution in [0.25, 0.3) is 65.0 Å². The normalized spacial score (nSPS) is 17.4. The molecule has 0 aromatic heterocycles. The van der Waals surface area contributed by atoms with Gasteiger partial charge in [0.05, 0.1) is 6.04 Å². The lowest BCUT2D eigenvalue weighted by atomic mass is 9.65. The summed E-state index contributed by atoms with van der Waals surface area (Å²) < 4.78 is 0. The van der Waals surface area contributed by atoms with Crippen LogP contribution in [0.1, 0.15) is 19.4 Å². The number of para-hydroxylation sites is 1. The van der Waals surface area contributed by atoms with E-state index in [1.807, 2.05) is 0 Å². The number of benzene rings is 7. The Morgan fingerprint density at radius 2 is 0.904 bits per heavy atom. The lowest BCUT2D eigenvalue weighted by Crippen LogP contribution is -2.49. The van der Waals surface area contributed by atoms with Gasteiger partial charge in [0.1, 0.15) is 0 Å². The van der Waals surface area contributed by atoms with Crippen molar-refractivity contribution in [2.24, 2.45) is 5.92 Å². The van der Waals surface area contributed by atoms with E-state index in [0.717, 1.165) is 0 Å². The van der Waals surface area contributed by atoms with Crippen LogP contribution in [0.4, 0.5) is 11.4 Å². The molecule has 2 unspecified atom stereocenters. The summed E-state index contributed by atoms with van der Waals surface area (Å²) in [6.07, 6.45) is 9.25. The van der Waals surface area contributed by atoms with Gasteiger partial charge in [-0.3, -0.25) is 0 Å². The van der Waals surface area contributed by atoms with Crippen LogP contribution < -0.4 is 4.90 Å². The first-order chi connectivity index (χ1) is 25.6. The summed E-state index contributed by atoms with van der Waals surface area (Å²) in [5.41, 5.74) is 6.28. The first-order valence-electron chi connectivity index (χ1n) is 18.4. The Morgan fingerprint density at radius 3 is 1.46 bits per heavy atom. The molecular weight excluding hydrogens is 627 g/mol. The smallest absolute Gasteiger partial charge is 0.0596 e. The van der Waals surface area contributed by atoms with Crippen molar-refractivity contribution < 1.29 is 0 Å². The van der Waals surface area contributed by atoms with Crippen LogP contribution >= 0.6 is 0 Å². The minimum absolute atomic E-state index is 0.0890. The molecule has 1 heterocycles. The van der Waals surface area contributed by atoms with Crippen molar-refractivity contribution in [3.8, 4) is 11.1 Å². The molecule has 2 aliphatic rings. The van der Waals surface area contributed by atoms with E-state index < -0.39 is 0 Å². The van der Waals surface area contributed by atoms with Gasteiger partial charge in [-0.25, -0.2) is 0 Å². The van der Waals surface area contributed by atoms with Crippen LogP contribution in [0.15, 0.2) is 188 Å². The zero-order valence-electron chi connectivity index (χ0n) is 29.5. The van der Waals surface area contributed by atoms with Gasteiger partial charge in [0.2, 0.25) is 0 Å². The number of fused-ring (bicyclic) bond motifs is 12. The molecule has 1 heteroatoms. The van der Waals surface area contributed by atoms with E-state index in [9.17, 15) is 0 Å². The number of anilines is 2. The Labute approximate surface area is 305 Å². The van der Waals surface area contributed by atoms with Crippen molar-refractivity contribution in [1.29, 1.82) is 0 Å². The largest absolute Gasteiger partial charge is 0.334 e. The third-order valence-corrected chi connectivity index (χ3v) is 11.7. The number of nitrogens with zero attached hydrogens (tertiary/aromatic N) is 1. The van der Waals surface area contributed by atoms with Crippen molar-refractivity contribution >= 4 is 65.2 Å². The molecule has 0 spiro atoms. The molecule has 0 amide bonds. The van der Waals surface area contributed by atoms with Crippen molar-refractivity contribution in [2.45, 2.75) is 25.3 Å². The van der Waals surface area contributed by atoms with Crippen LogP contribution in [-0.2, 0) is 5.41 Å². The molecule has 8 aromatic carbocycles. The standard InChI is InChI=1S/C51H39N/c1-51(2)46-29-14-15-30-48(46)52(35-17-4-3-5-18-35)49-32-31-34(33-47(49)51)36-27-16-28-45-43-24-11-10-23-41(43)39-20-7-6-19-37(39)38-21-8-9-22-40(38)42-25-12-13-26-44(42)50(36)45/h3-33,46,48H,1-2H3. The monoisotopic (exact) mass is 665 g/mol. The zero-order chi connectivity index (χ0) is 34.8. The first kappa shape index (κ1) is 30.6. The molecule has 0 saturated heterocycles. The van der Waals surface area contributed by atoms with Gasteiger partial charge in [0.25, 0.3) is 0 Å². The summed E-state index contributed by atoms with van der Waals surface area (Å²) in [7, 11) is 0. The summed E-state index contributed by atoms with van der Waals surface area (Å²) in [6.45, 7) is 4.87. The predicted molar refractivity (Wildman–Crippen MR) is 224 cm³/mol. The highest BCUT2D eigenvalue weighted by Gasteiger charge is 2.45. The number of rotatable bonds is 2. The van der Waals surface area contributed by atoms with Gasteiger partial charge in [0, 0.05) is 22.7 Å². The molecule has 1 aliphatic heterocycles. The van der Waals surface area contributed by atoms with E-state index in [-0.39, 0.29) is 11.5 Å². The SMILES string of the molecule is CC1(C)c2cc(-c3cccc4c5ccccc5c5ccccc5c5ccccc5c5ccccc5c34)ccc2N(c2ccccc2)C2C=CC=CC21. The van der Waals surface area contributed by atoms with Gasteiger partial charge >= 0.3 is 0 Å². The van der Waals surface area contributed by atoms with Crippen molar-refractivity contribution in [2.75, 3.05) is 4.90 Å². The van der Waals surface area contributed by atoms with Gasteiger partial charge in [-0.05, 0) is 94.8 Å². The summed E-state index contributed by atoms with van der Waals surface area (Å²) in [5.74, 6) is 0.327. The summed E-state index contributed by atoms with van der Waals surface area (Å²) in [5, 5.41) is 12.5. The van der Waals surface area contributed by atoms with Crippen LogP contribution in [0.2, 0.25) is 0 Å². The number of hydrogen-bond donors (Lipinski definition) is 0. The summed E-state index contributed by atoms with van der Waals surface area (Å²) >= 11 is 0. The maximum atomic E-state index is 2.55. The number of allylic oxidation sites excluding steroid dienone is 2. The van der Waals surface area contributed by atoms with Gasteiger partial charge in [-0.1, -0.05) is 178 Å². The van der Waals surface area contributed by atoms with Gasteiger partial charge in [-0.15, -0.1) is 0 Å². The van der Waals surface area contributed by atoms with Crippen LogP contribution in [0, 0.1) is 5.92 Å². The molecule has 0 bridgehead atoms. The Balaban J connectivity index is 1.36. The Kier molecular flexibility index (Phi) is 7.05. The quantitative estimate of drug-likeness (QED) is 0.178. The summed E-state index contributed by atoms with van der Waals surface area (Å²) in [4.78, 5) is 2.55. The van der Waals surface area contributed by atoms with Crippen molar-refractivity contribution in [3.05, 3.63) is 194 Å². The predicted octanol–water partition coefficient (Wildman–Crippen LogP) is 13.8. The Hall–Kier alpha value is -6.18. The third-order valence-electron chi connectivity index (χ3n) is 11.7. The average Bonchev–Trinajstić information content (AvgIpc) is 3.21. The average molecular weight is 666 g/mol.